The van der Waals surface area contributed by atoms with Crippen molar-refractivity contribution in [3.8, 4) is 0 Å². The van der Waals surface area contributed by atoms with Gasteiger partial charge in [-0.15, -0.1) is 11.6 Å². The first kappa shape index (κ1) is 18.0. The van der Waals surface area contributed by atoms with Gasteiger partial charge in [0.2, 0.25) is 0 Å². The van der Waals surface area contributed by atoms with Gasteiger partial charge < -0.3 is 0 Å². The fraction of sp³-hybridized carbons (Fsp3) is 1.00. The highest BCUT2D eigenvalue weighted by Crippen LogP contribution is 2.37. The molecule has 0 aliphatic carbocycles. The lowest BCUT2D eigenvalue weighted by Crippen LogP contribution is -2.51. The first-order valence-corrected chi connectivity index (χ1v) is 10.2. The molecule has 0 amide bonds. The average molecular weight is 336 g/mol. The van der Waals surface area contributed by atoms with E-state index in [9.17, 15) is 43.2 Å². The fourth-order valence-electron chi connectivity index (χ4n) is 1.15. The van der Waals surface area contributed by atoms with E-state index in [1.54, 1.807) is 0 Å². The largest absolute Gasteiger partial charge is 0.497 e. The Morgan fingerprint density at radius 2 is 1.00 bits per heavy atom. The molecule has 108 valence electrons. The second-order valence-electron chi connectivity index (χ2n) is 3.59. The molecule has 0 radical (unpaired) electrons. The van der Waals surface area contributed by atoms with Crippen LogP contribution in [0.4, 0.5) is 26.3 Å². The maximum absolute atomic E-state index is 12.2. The van der Waals surface area contributed by atoms with Crippen molar-refractivity contribution in [2.45, 2.75) is 26.0 Å². The molecule has 0 atom stereocenters. The van der Waals surface area contributed by atoms with Crippen molar-refractivity contribution in [1.82, 2.24) is 0 Å². The third-order valence-corrected chi connectivity index (χ3v) is 12.3. The Bertz CT molecular complexity index is 457. The quantitative estimate of drug-likeness (QED) is 0.578. The van der Waals surface area contributed by atoms with Crippen LogP contribution >= 0.6 is 0 Å². The van der Waals surface area contributed by atoms with Gasteiger partial charge in [-0.3, -0.25) is 0 Å². The van der Waals surface area contributed by atoms with Gasteiger partial charge in [-0.1, -0.05) is 0 Å². The Morgan fingerprint density at radius 3 is 1.11 bits per heavy atom. The summed E-state index contributed by atoms with van der Waals surface area (Å²) in [5.74, 6) is 1.55. The van der Waals surface area contributed by atoms with Crippen LogP contribution in [0.1, 0.15) is 0 Å². The van der Waals surface area contributed by atoms with Crippen LogP contribution in [0.5, 0.6) is 0 Å². The minimum Gasteiger partial charge on any atom is -0.220 e. The van der Waals surface area contributed by atoms with E-state index in [2.05, 4.69) is 0 Å². The van der Waals surface area contributed by atoms with Gasteiger partial charge in [-0.05, 0) is 0 Å². The van der Waals surface area contributed by atoms with E-state index in [0.29, 0.717) is 0 Å². The Labute approximate surface area is 103 Å². The van der Waals surface area contributed by atoms with Crippen LogP contribution in [0.3, 0.4) is 0 Å². The molecule has 4 nitrogen and oxygen atoms in total. The predicted octanol–water partition coefficient (Wildman–Crippen LogP) is 1.48. The number of hydrogen-bond acceptors (Lipinski definition) is 4. The van der Waals surface area contributed by atoms with Crippen LogP contribution in [-0.4, -0.2) is 45.4 Å². The third kappa shape index (κ3) is 3.12. The van der Waals surface area contributed by atoms with Gasteiger partial charge >= 0.3 is 25.2 Å². The molecule has 0 heterocycles. The van der Waals surface area contributed by atoms with Gasteiger partial charge in [-0.25, -0.2) is 16.8 Å². The molecule has 18 heavy (non-hydrogen) atoms. The monoisotopic (exact) mass is 336 g/mol. The molecule has 0 aromatic carbocycles. The summed E-state index contributed by atoms with van der Waals surface area (Å²) in [6.45, 7) is 0. The lowest BCUT2D eigenvalue weighted by atomic mass is 11.5. The third-order valence-electron chi connectivity index (χ3n) is 1.80. The maximum Gasteiger partial charge on any atom is 0.497 e. The van der Waals surface area contributed by atoms with Crippen molar-refractivity contribution in [1.29, 1.82) is 0 Å². The van der Waals surface area contributed by atoms with Crippen LogP contribution in [-0.2, 0) is 19.7 Å². The first-order valence-electron chi connectivity index (χ1n) is 4.17. The standard InChI is InChI=1S/C3HF6O4S2.2CH3.Al/c4-2(5,6)14(10,11)1-15(12,13)3(7,8)9;;;/h1H;2*1H3;. The lowest BCUT2D eigenvalue weighted by Gasteiger charge is -2.21. The van der Waals surface area contributed by atoms with E-state index >= 15 is 0 Å². The highest BCUT2D eigenvalue weighted by molar-refractivity contribution is 8.12. The van der Waals surface area contributed by atoms with Crippen molar-refractivity contribution in [2.24, 2.45) is 0 Å². The lowest BCUT2D eigenvalue weighted by molar-refractivity contribution is -0.0463. The van der Waals surface area contributed by atoms with Gasteiger partial charge in [-0.2, -0.15) is 26.3 Å². The summed E-state index contributed by atoms with van der Waals surface area (Å²) in [4.78, 5) is 0. The number of hydrogen-bond donors (Lipinski definition) is 0. The van der Waals surface area contributed by atoms with Crippen LogP contribution in [0.15, 0.2) is 0 Å². The van der Waals surface area contributed by atoms with E-state index in [1.165, 1.54) is 0 Å². The number of rotatable bonds is 3. The molecule has 0 N–H and O–H groups in total. The molecule has 0 aromatic rings. The molecule has 0 spiro atoms. The van der Waals surface area contributed by atoms with Crippen LogP contribution in [0, 0.1) is 0 Å². The van der Waals surface area contributed by atoms with Gasteiger partial charge in [0.15, 0.2) is 0 Å². The van der Waals surface area contributed by atoms with Crippen molar-refractivity contribution < 1.29 is 43.2 Å². The molecule has 0 rings (SSSR count). The normalized spacial score (nSPS) is 14.9. The minimum atomic E-state index is -6.42. The van der Waals surface area contributed by atoms with E-state index in [-0.39, 0.29) is 0 Å². The Balaban J connectivity index is 6.14. The average Bonchev–Trinajstić information content (AvgIpc) is 1.96. The molecule has 13 heteroatoms. The summed E-state index contributed by atoms with van der Waals surface area (Å²) in [5, 5.41) is 0. The zero-order chi connectivity index (χ0) is 15.2. The van der Waals surface area contributed by atoms with Crippen molar-refractivity contribution in [3.05, 3.63) is 0 Å². The molecule has 0 aliphatic heterocycles. The Hall–Kier alpha value is 0.0125. The molecular formula is C5H7AlF6O4S2. The molecule has 0 saturated carbocycles. The van der Waals surface area contributed by atoms with E-state index in [0.717, 1.165) is 11.6 Å². The van der Waals surface area contributed by atoms with Gasteiger partial charge in [0.05, 0.1) is 0 Å². The SMILES string of the molecule is [CH3][Al]([CH3])[CH](S(=O)(=O)C(F)(F)F)S(=O)(=O)C(F)(F)F. The topological polar surface area (TPSA) is 68.3 Å². The molecule has 0 unspecified atom stereocenters. The highest BCUT2D eigenvalue weighted by Gasteiger charge is 2.64. The Kier molecular flexibility index (Phi) is 4.85. The molecule has 0 fully saturated rings. The molecule has 0 bridgehead atoms. The van der Waals surface area contributed by atoms with Crippen molar-refractivity contribution in [2.75, 3.05) is 0 Å². The number of halogens is 6. The van der Waals surface area contributed by atoms with Crippen molar-refractivity contribution in [3.63, 3.8) is 0 Å². The first-order chi connectivity index (χ1) is 7.57. The van der Waals surface area contributed by atoms with Crippen LogP contribution < -0.4 is 0 Å². The summed E-state index contributed by atoms with van der Waals surface area (Å²) < 4.78 is 113. The summed E-state index contributed by atoms with van der Waals surface area (Å²) in [5.41, 5.74) is -12.1. The smallest absolute Gasteiger partial charge is 0.220 e. The van der Waals surface area contributed by atoms with Crippen LogP contribution in [0.25, 0.3) is 0 Å². The van der Waals surface area contributed by atoms with Gasteiger partial charge in [0.25, 0.3) is 19.7 Å². The van der Waals surface area contributed by atoms with Crippen LogP contribution in [0.2, 0.25) is 11.6 Å². The van der Waals surface area contributed by atoms with Gasteiger partial charge in [0, 0.05) is 0 Å². The second kappa shape index (κ2) is 4.84. The minimum absolute atomic E-state index is 0.775. The predicted molar refractivity (Wildman–Crippen MR) is 51.2 cm³/mol. The molecular weight excluding hydrogens is 329 g/mol. The van der Waals surface area contributed by atoms with Crippen molar-refractivity contribution >= 4 is 33.8 Å². The second-order valence-corrected chi connectivity index (χ2v) is 12.1. The highest BCUT2D eigenvalue weighted by atomic mass is 32.3. The number of sulfone groups is 2. The zero-order valence-corrected chi connectivity index (χ0v) is 11.7. The van der Waals surface area contributed by atoms with E-state index in [4.69, 9.17) is 0 Å². The molecule has 0 aliphatic rings. The Morgan fingerprint density at radius 1 is 0.778 bits per heavy atom. The van der Waals surface area contributed by atoms with E-state index in [1.807, 2.05) is 0 Å². The van der Waals surface area contributed by atoms with E-state index < -0.39 is 48.3 Å². The molecule has 0 aromatic heterocycles. The maximum atomic E-state index is 12.2. The summed E-state index contributed by atoms with van der Waals surface area (Å²) in [7, 11) is -12.8. The fourth-order valence-corrected chi connectivity index (χ4v) is 10.3. The molecule has 0 saturated heterocycles. The summed E-state index contributed by atoms with van der Waals surface area (Å²) >= 11 is -3.35. The summed E-state index contributed by atoms with van der Waals surface area (Å²) in [6.07, 6.45) is 0. The number of alkyl halides is 6. The van der Waals surface area contributed by atoms with Gasteiger partial charge in [0.1, 0.15) is 3.44 Å². The zero-order valence-electron chi connectivity index (χ0n) is 8.87. The summed E-state index contributed by atoms with van der Waals surface area (Å²) in [6, 6.07) is 0.